The van der Waals surface area contributed by atoms with Crippen molar-refractivity contribution in [1.82, 2.24) is 10.6 Å². The molecule has 86 heavy (non-hydrogen) atoms. The Bertz CT molecular complexity index is 2080. The fourth-order valence-corrected chi connectivity index (χ4v) is 10.4. The van der Waals surface area contributed by atoms with Crippen molar-refractivity contribution in [2.75, 3.05) is 132 Å². The third kappa shape index (κ3) is 34.8. The van der Waals surface area contributed by atoms with Crippen molar-refractivity contribution in [2.45, 2.75) is 169 Å². The van der Waals surface area contributed by atoms with Gasteiger partial charge in [0, 0.05) is 75.9 Å². The van der Waals surface area contributed by atoms with E-state index < -0.39 is 29.9 Å². The van der Waals surface area contributed by atoms with Crippen molar-refractivity contribution >= 4 is 52.3 Å². The maximum Gasteiger partial charge on any atom is 0.305 e. The Labute approximate surface area is 512 Å². The largest absolute Gasteiger partial charge is 0.465 e. The Kier molecular flexibility index (Phi) is 41.7. The maximum atomic E-state index is 13.9. The van der Waals surface area contributed by atoms with Crippen molar-refractivity contribution in [3.05, 3.63) is 0 Å². The Balaban J connectivity index is 1.34. The van der Waals surface area contributed by atoms with Crippen LogP contribution >= 0.6 is 0 Å². The standard InChI is InChI=1S/C64H107N5O17/c1-47(2)61(57(72)43-49(5)63(75)48(3)4)68-64(76)51(44-52(71)24-29-79-33-37-83-40-39-81-35-31-77-27-16-22-60(74)86-45-55-53-18-10-7-8-11-19-54(53)55)17-14-15-25-67-59(73)46-85-58-21-13-9-12-20-56(62(58)69-65)66-26-30-80-34-38-84-42-41-82-36-32-78-28-23-50(6)70/h47-49,51,53-55,58,61H,9-46,65H2,1-6H3,(H,67,73)(H,68,76)/t49-,51+,53-,54+,55?,58?,61+/m1/s1. The predicted octanol–water partition coefficient (Wildman–Crippen LogP) is 6.18. The molecule has 0 aromatic carbocycles. The van der Waals surface area contributed by atoms with Crippen molar-refractivity contribution in [2.24, 2.45) is 57.4 Å². The first-order valence-electron chi connectivity index (χ1n) is 31.9. The van der Waals surface area contributed by atoms with Gasteiger partial charge in [0.15, 0.2) is 5.78 Å². The van der Waals surface area contributed by atoms with Crippen molar-refractivity contribution < 1.29 is 80.9 Å². The minimum atomic E-state index is -0.832. The zero-order valence-corrected chi connectivity index (χ0v) is 53.0. The third-order valence-electron chi connectivity index (χ3n) is 15.4. The van der Waals surface area contributed by atoms with Gasteiger partial charge < -0.3 is 63.8 Å². The monoisotopic (exact) mass is 1220 g/mol. The molecule has 2 unspecified atom stereocenters. The molecule has 490 valence electrons. The second kappa shape index (κ2) is 47.4. The summed E-state index contributed by atoms with van der Waals surface area (Å²) in [6.07, 6.45) is 10.4. The van der Waals surface area contributed by atoms with E-state index in [-0.39, 0.29) is 85.9 Å². The molecule has 2 amide bonds. The Hall–Kier alpha value is -4.57. The number of carbonyl (C=O) groups is 7. The molecule has 22 heteroatoms. The van der Waals surface area contributed by atoms with E-state index in [1.165, 1.54) is 6.92 Å². The van der Waals surface area contributed by atoms with E-state index in [1.807, 2.05) is 13.8 Å². The highest BCUT2D eigenvalue weighted by Gasteiger charge is 2.49. The molecule has 0 heterocycles. The molecular weight excluding hydrogens is 1110 g/mol. The number of amides is 2. The number of ether oxygens (including phenoxy) is 10. The molecule has 0 aromatic rings. The Morgan fingerprint density at radius 2 is 1.21 bits per heavy atom. The topological polar surface area (TPSA) is 287 Å². The second-order valence-corrected chi connectivity index (χ2v) is 23.2. The molecule has 0 aliphatic heterocycles. The predicted molar refractivity (Wildman–Crippen MR) is 325 cm³/mol. The minimum absolute atomic E-state index is 0.00172. The SMILES string of the molecule is CC(=O)CCOCCOCCOCCOCCN=C1CCCCCC(OCC(=O)NCCCC[C@@H](CC(=O)CCOCCOCCOCCOCCCC(=O)OCC2[C@H]3CCC#CCC[C@@H]23)C(=O)N[C@H](C(=O)C[C@@H](C)C(=O)C(C)C)C(C)C)C1=NN. The number of nitrogens with zero attached hydrogens (tertiary/aromatic N) is 2. The zero-order valence-electron chi connectivity index (χ0n) is 53.0. The molecule has 0 radical (unpaired) electrons. The number of aliphatic imine (C=N–C) groups is 1. The number of unbranched alkanes of at least 4 members (excludes halogenated alkanes) is 1. The van der Waals surface area contributed by atoms with Gasteiger partial charge in [0.05, 0.1) is 124 Å². The quantitative estimate of drug-likeness (QED) is 0.0201. The molecule has 0 saturated heterocycles. The number of nitrogens with two attached hydrogens (primary N) is 1. The fraction of sp³-hybridized carbons (Fsp3) is 0.828. The molecule has 0 spiro atoms. The number of hydrogen-bond acceptors (Lipinski definition) is 20. The van der Waals surface area contributed by atoms with Crippen LogP contribution in [0.3, 0.4) is 0 Å². The van der Waals surface area contributed by atoms with Crippen LogP contribution in [0.15, 0.2) is 10.1 Å². The number of esters is 1. The van der Waals surface area contributed by atoms with E-state index in [1.54, 1.807) is 20.8 Å². The van der Waals surface area contributed by atoms with E-state index in [9.17, 15) is 33.6 Å². The summed E-state index contributed by atoms with van der Waals surface area (Å²) >= 11 is 0. The van der Waals surface area contributed by atoms with Crippen molar-refractivity contribution in [3.8, 4) is 11.8 Å². The Morgan fingerprint density at radius 1 is 0.640 bits per heavy atom. The molecule has 3 aliphatic carbocycles. The van der Waals surface area contributed by atoms with Crippen LogP contribution in [0, 0.1) is 53.3 Å². The summed E-state index contributed by atoms with van der Waals surface area (Å²) in [6.45, 7) is 17.5. The molecular formula is C64H107N5O17. The lowest BCUT2D eigenvalue weighted by molar-refractivity contribution is -0.144. The van der Waals surface area contributed by atoms with Crippen LogP contribution in [0.1, 0.15) is 157 Å². The number of ketones is 4. The summed E-state index contributed by atoms with van der Waals surface area (Å²) < 4.78 is 56.2. The van der Waals surface area contributed by atoms with E-state index >= 15 is 0 Å². The van der Waals surface area contributed by atoms with Gasteiger partial charge in [-0.25, -0.2) is 0 Å². The van der Waals surface area contributed by atoms with Gasteiger partial charge in [-0.1, -0.05) is 53.9 Å². The van der Waals surface area contributed by atoms with Crippen molar-refractivity contribution in [3.63, 3.8) is 0 Å². The highest BCUT2D eigenvalue weighted by Crippen LogP contribution is 2.52. The number of hydrazone groups is 1. The van der Waals surface area contributed by atoms with E-state index in [0.29, 0.717) is 187 Å². The lowest BCUT2D eigenvalue weighted by Crippen LogP contribution is -2.47. The van der Waals surface area contributed by atoms with Gasteiger partial charge in [-0.2, -0.15) is 5.10 Å². The van der Waals surface area contributed by atoms with Gasteiger partial charge in [-0.3, -0.25) is 38.6 Å². The summed E-state index contributed by atoms with van der Waals surface area (Å²) in [4.78, 5) is 94.5. The van der Waals surface area contributed by atoms with Crippen LogP contribution in [0.4, 0.5) is 0 Å². The molecule has 2 saturated carbocycles. The normalized spacial score (nSPS) is 19.7. The van der Waals surface area contributed by atoms with Crippen LogP contribution in [-0.2, 0) is 80.9 Å². The van der Waals surface area contributed by atoms with Gasteiger partial charge in [0.25, 0.3) is 0 Å². The molecule has 0 aromatic heterocycles. The number of rotatable bonds is 51. The van der Waals surface area contributed by atoms with Crippen LogP contribution in [0.25, 0.3) is 0 Å². The summed E-state index contributed by atoms with van der Waals surface area (Å²) in [5.74, 6) is 11.2. The lowest BCUT2D eigenvalue weighted by Gasteiger charge is -2.25. The molecule has 0 bridgehead atoms. The average molecular weight is 1220 g/mol. The first-order valence-corrected chi connectivity index (χ1v) is 31.9. The first kappa shape index (κ1) is 75.7. The number of hydrogen-bond donors (Lipinski definition) is 3. The summed E-state index contributed by atoms with van der Waals surface area (Å²) in [5, 5.41) is 9.89. The van der Waals surface area contributed by atoms with Crippen LogP contribution < -0.4 is 16.5 Å². The van der Waals surface area contributed by atoms with Crippen LogP contribution in [0.5, 0.6) is 0 Å². The molecule has 2 fully saturated rings. The third-order valence-corrected chi connectivity index (χ3v) is 15.4. The fourth-order valence-electron chi connectivity index (χ4n) is 10.4. The maximum absolute atomic E-state index is 13.9. The lowest BCUT2D eigenvalue weighted by atomic mass is 9.87. The average Bonchev–Trinajstić information content (AvgIpc) is 1.90. The van der Waals surface area contributed by atoms with E-state index in [4.69, 9.17) is 58.2 Å². The van der Waals surface area contributed by atoms with Gasteiger partial charge >= 0.3 is 5.97 Å². The van der Waals surface area contributed by atoms with E-state index in [2.05, 4.69) is 27.6 Å². The van der Waals surface area contributed by atoms with Gasteiger partial charge in [0.1, 0.15) is 35.8 Å². The second-order valence-electron chi connectivity index (χ2n) is 23.2. The Morgan fingerprint density at radius 3 is 1.78 bits per heavy atom. The molecule has 4 N–H and O–H groups in total. The zero-order chi connectivity index (χ0) is 62.6. The van der Waals surface area contributed by atoms with Crippen LogP contribution in [0.2, 0.25) is 0 Å². The smallest absolute Gasteiger partial charge is 0.305 e. The first-order chi connectivity index (χ1) is 41.6. The van der Waals surface area contributed by atoms with Gasteiger partial charge in [-0.05, 0) is 82.0 Å². The molecule has 7 atom stereocenters. The molecule has 3 aliphatic rings. The van der Waals surface area contributed by atoms with Gasteiger partial charge in [0.2, 0.25) is 11.8 Å². The summed E-state index contributed by atoms with van der Waals surface area (Å²) in [6, 6.07) is -0.832. The number of carbonyl (C=O) groups excluding carboxylic acids is 7. The highest BCUT2D eigenvalue weighted by molar-refractivity contribution is 6.44. The molecule has 22 nitrogen and oxygen atoms in total. The van der Waals surface area contributed by atoms with E-state index in [0.717, 1.165) is 50.7 Å². The van der Waals surface area contributed by atoms with Gasteiger partial charge in [-0.15, -0.1) is 11.8 Å². The number of fused-ring (bicyclic) bond motifs is 1. The van der Waals surface area contributed by atoms with Crippen molar-refractivity contribution in [1.29, 1.82) is 0 Å². The van der Waals surface area contributed by atoms with Crippen LogP contribution in [-0.4, -0.2) is 196 Å². The number of Topliss-reactive ketones (excluding diaryl/α,β-unsaturated/α-hetero) is 4. The minimum Gasteiger partial charge on any atom is -0.465 e. The number of nitrogens with one attached hydrogen (secondary N) is 2. The summed E-state index contributed by atoms with van der Waals surface area (Å²) in [5.41, 5.74) is 1.26. The summed E-state index contributed by atoms with van der Waals surface area (Å²) in [7, 11) is 0. The highest BCUT2D eigenvalue weighted by atomic mass is 16.6. The molecule has 3 rings (SSSR count).